The number of nitrogens with zero attached hydrogens (tertiary/aromatic N) is 2. The molecule has 1 saturated heterocycles. The Morgan fingerprint density at radius 3 is 2.88 bits per heavy atom. The molecule has 0 amide bonds. The molecule has 1 unspecified atom stereocenters. The minimum Gasteiger partial charge on any atom is -0.367 e. The van der Waals surface area contributed by atoms with Gasteiger partial charge in [0.15, 0.2) is 5.82 Å². The van der Waals surface area contributed by atoms with Gasteiger partial charge in [-0.25, -0.2) is 9.97 Å². The van der Waals surface area contributed by atoms with Crippen molar-refractivity contribution in [1.29, 1.82) is 0 Å². The van der Waals surface area contributed by atoms with Crippen molar-refractivity contribution in [3.05, 3.63) is 23.3 Å². The van der Waals surface area contributed by atoms with E-state index >= 15 is 0 Å². The summed E-state index contributed by atoms with van der Waals surface area (Å²) in [6.07, 6.45) is 4.11. The normalized spacial score (nSPS) is 24.9. The van der Waals surface area contributed by atoms with Crippen LogP contribution < -0.4 is 5.73 Å². The van der Waals surface area contributed by atoms with Crippen molar-refractivity contribution in [3.8, 4) is 0 Å². The van der Waals surface area contributed by atoms with Crippen molar-refractivity contribution in [2.75, 3.05) is 13.2 Å². The molecule has 4 heteroatoms. The van der Waals surface area contributed by atoms with Gasteiger partial charge in [-0.05, 0) is 45.7 Å². The number of aromatic nitrogens is 2. The Hall–Kier alpha value is -1.00. The average molecular weight is 235 g/mol. The molecule has 0 aliphatic carbocycles. The number of hydrogen-bond donors (Lipinski definition) is 1. The Balaban J connectivity index is 2.30. The van der Waals surface area contributed by atoms with Crippen LogP contribution in [0.15, 0.2) is 6.07 Å². The highest BCUT2D eigenvalue weighted by atomic mass is 16.5. The smallest absolute Gasteiger partial charge is 0.160 e. The molecular formula is C13H21N3O. The number of ether oxygens (including phenoxy) is 1. The van der Waals surface area contributed by atoms with Crippen LogP contribution in [-0.4, -0.2) is 23.1 Å². The zero-order valence-electron chi connectivity index (χ0n) is 10.7. The van der Waals surface area contributed by atoms with Crippen LogP contribution in [0.25, 0.3) is 0 Å². The van der Waals surface area contributed by atoms with E-state index in [0.29, 0.717) is 6.54 Å². The van der Waals surface area contributed by atoms with Crippen LogP contribution in [0.1, 0.15) is 43.4 Å². The molecule has 2 rings (SSSR count). The maximum absolute atomic E-state index is 5.88. The lowest BCUT2D eigenvalue weighted by Crippen LogP contribution is -2.33. The summed E-state index contributed by atoms with van der Waals surface area (Å²) in [6.45, 7) is 5.51. The van der Waals surface area contributed by atoms with E-state index in [1.165, 1.54) is 6.42 Å². The predicted molar refractivity (Wildman–Crippen MR) is 66.7 cm³/mol. The van der Waals surface area contributed by atoms with Gasteiger partial charge in [-0.15, -0.1) is 0 Å². The molecule has 1 aliphatic rings. The standard InChI is InChI=1S/C13H21N3O/c1-10-9-11(5-7-14)16-12(15-10)13(2)6-3-4-8-17-13/h9H,3-8,14H2,1-2H3. The minimum atomic E-state index is -0.312. The third kappa shape index (κ3) is 2.82. The second-order valence-electron chi connectivity index (χ2n) is 4.90. The molecule has 4 nitrogen and oxygen atoms in total. The maximum Gasteiger partial charge on any atom is 0.160 e. The first-order valence-corrected chi connectivity index (χ1v) is 6.33. The Kier molecular flexibility index (Phi) is 3.74. The van der Waals surface area contributed by atoms with E-state index in [4.69, 9.17) is 10.5 Å². The highest BCUT2D eigenvalue weighted by Crippen LogP contribution is 2.32. The fourth-order valence-corrected chi connectivity index (χ4v) is 2.26. The van der Waals surface area contributed by atoms with Crippen molar-refractivity contribution in [2.24, 2.45) is 5.73 Å². The van der Waals surface area contributed by atoms with E-state index in [1.54, 1.807) is 0 Å². The number of aryl methyl sites for hydroxylation is 1. The highest BCUT2D eigenvalue weighted by molar-refractivity contribution is 5.14. The largest absolute Gasteiger partial charge is 0.367 e. The summed E-state index contributed by atoms with van der Waals surface area (Å²) in [4.78, 5) is 9.14. The Morgan fingerprint density at radius 1 is 1.41 bits per heavy atom. The topological polar surface area (TPSA) is 61.0 Å². The second kappa shape index (κ2) is 5.10. The third-order valence-electron chi connectivity index (χ3n) is 3.25. The van der Waals surface area contributed by atoms with Crippen LogP contribution >= 0.6 is 0 Å². The molecule has 0 spiro atoms. The van der Waals surface area contributed by atoms with Crippen LogP contribution in [0, 0.1) is 6.92 Å². The molecule has 17 heavy (non-hydrogen) atoms. The van der Waals surface area contributed by atoms with Gasteiger partial charge in [0.05, 0.1) is 0 Å². The molecule has 0 saturated carbocycles. The summed E-state index contributed by atoms with van der Waals surface area (Å²) in [7, 11) is 0. The van der Waals surface area contributed by atoms with Gasteiger partial charge in [-0.3, -0.25) is 0 Å². The quantitative estimate of drug-likeness (QED) is 0.866. The summed E-state index contributed by atoms with van der Waals surface area (Å²) < 4.78 is 5.88. The van der Waals surface area contributed by atoms with Crippen LogP contribution in [0.4, 0.5) is 0 Å². The van der Waals surface area contributed by atoms with Gasteiger partial charge in [-0.1, -0.05) is 0 Å². The van der Waals surface area contributed by atoms with Crippen LogP contribution in [0.5, 0.6) is 0 Å². The van der Waals surface area contributed by atoms with Crippen LogP contribution in [-0.2, 0) is 16.8 Å². The van der Waals surface area contributed by atoms with Crippen molar-refractivity contribution >= 4 is 0 Å². The van der Waals surface area contributed by atoms with Crippen molar-refractivity contribution < 1.29 is 4.74 Å². The Bertz CT molecular complexity index is 386. The molecule has 2 heterocycles. The van der Waals surface area contributed by atoms with E-state index in [2.05, 4.69) is 16.9 Å². The first-order valence-electron chi connectivity index (χ1n) is 6.33. The highest BCUT2D eigenvalue weighted by Gasteiger charge is 2.33. The Labute approximate surface area is 103 Å². The van der Waals surface area contributed by atoms with E-state index in [-0.39, 0.29) is 5.60 Å². The third-order valence-corrected chi connectivity index (χ3v) is 3.25. The van der Waals surface area contributed by atoms with Crippen molar-refractivity contribution in [1.82, 2.24) is 9.97 Å². The number of hydrogen-bond acceptors (Lipinski definition) is 4. The second-order valence-corrected chi connectivity index (χ2v) is 4.90. The lowest BCUT2D eigenvalue weighted by atomic mass is 9.95. The number of rotatable bonds is 3. The van der Waals surface area contributed by atoms with E-state index < -0.39 is 0 Å². The van der Waals surface area contributed by atoms with E-state index in [9.17, 15) is 0 Å². The zero-order valence-corrected chi connectivity index (χ0v) is 10.7. The maximum atomic E-state index is 5.88. The monoisotopic (exact) mass is 235 g/mol. The fraction of sp³-hybridized carbons (Fsp3) is 0.692. The molecule has 1 aromatic heterocycles. The van der Waals surface area contributed by atoms with Crippen LogP contribution in [0.3, 0.4) is 0 Å². The zero-order chi connectivity index (χ0) is 12.3. The number of nitrogens with two attached hydrogens (primary N) is 1. The summed E-state index contributed by atoms with van der Waals surface area (Å²) in [5, 5.41) is 0. The average Bonchev–Trinajstić information content (AvgIpc) is 2.30. The van der Waals surface area contributed by atoms with Crippen molar-refractivity contribution in [2.45, 2.75) is 45.1 Å². The molecular weight excluding hydrogens is 214 g/mol. The van der Waals surface area contributed by atoms with E-state index in [0.717, 1.165) is 43.1 Å². The molecule has 94 valence electrons. The van der Waals surface area contributed by atoms with Gasteiger partial charge in [0.2, 0.25) is 0 Å². The molecule has 0 bridgehead atoms. The molecule has 0 aromatic carbocycles. The lowest BCUT2D eigenvalue weighted by molar-refractivity contribution is -0.0762. The first-order chi connectivity index (χ1) is 8.14. The first kappa shape index (κ1) is 12.5. The molecule has 1 fully saturated rings. The molecule has 0 radical (unpaired) electrons. The summed E-state index contributed by atoms with van der Waals surface area (Å²) in [5.41, 5.74) is 7.28. The van der Waals surface area contributed by atoms with Gasteiger partial charge in [0.25, 0.3) is 0 Å². The molecule has 2 N–H and O–H groups in total. The minimum absolute atomic E-state index is 0.312. The SMILES string of the molecule is Cc1cc(CCN)nc(C2(C)CCCCO2)n1. The Morgan fingerprint density at radius 2 is 2.24 bits per heavy atom. The lowest BCUT2D eigenvalue weighted by Gasteiger charge is -2.32. The predicted octanol–water partition coefficient (Wildman–Crippen LogP) is 1.70. The molecule has 1 atom stereocenters. The van der Waals surface area contributed by atoms with Gasteiger partial charge in [-0.2, -0.15) is 0 Å². The summed E-state index contributed by atoms with van der Waals surface area (Å²) in [6, 6.07) is 2.00. The van der Waals surface area contributed by atoms with Gasteiger partial charge < -0.3 is 10.5 Å². The summed E-state index contributed by atoms with van der Waals surface area (Å²) in [5.74, 6) is 0.820. The molecule has 1 aromatic rings. The van der Waals surface area contributed by atoms with Crippen molar-refractivity contribution in [3.63, 3.8) is 0 Å². The van der Waals surface area contributed by atoms with Crippen LogP contribution in [0.2, 0.25) is 0 Å². The summed E-state index contributed by atoms with van der Waals surface area (Å²) >= 11 is 0. The van der Waals surface area contributed by atoms with Gasteiger partial charge >= 0.3 is 0 Å². The van der Waals surface area contributed by atoms with E-state index in [1.807, 2.05) is 13.0 Å². The fourth-order valence-electron chi connectivity index (χ4n) is 2.26. The van der Waals surface area contributed by atoms with Gasteiger partial charge in [0, 0.05) is 24.4 Å². The van der Waals surface area contributed by atoms with Gasteiger partial charge in [0.1, 0.15) is 5.60 Å². The molecule has 1 aliphatic heterocycles.